The zero-order valence-corrected chi connectivity index (χ0v) is 83.6. The van der Waals surface area contributed by atoms with E-state index in [2.05, 4.69) is 499 Å². The summed E-state index contributed by atoms with van der Waals surface area (Å²) >= 11 is 0. The second kappa shape index (κ2) is 38.9. The van der Waals surface area contributed by atoms with E-state index in [1.54, 1.807) is 0 Å². The Balaban J connectivity index is 0.661. The molecular formula is C144H106N2O4. The van der Waals surface area contributed by atoms with Gasteiger partial charge in [-0.2, -0.15) is 0 Å². The van der Waals surface area contributed by atoms with Crippen LogP contribution in [0.15, 0.2) is 534 Å². The number of hydrogen-bond acceptors (Lipinski definition) is 4. The summed E-state index contributed by atoms with van der Waals surface area (Å²) in [5.41, 5.74) is 25.2. The van der Waals surface area contributed by atoms with Gasteiger partial charge in [0.25, 0.3) is 23.6 Å². The average Bonchev–Trinajstić information content (AvgIpc) is 0.681. The number of hydrogen-bond donors (Lipinski definition) is 0. The van der Waals surface area contributed by atoms with Crippen LogP contribution in [0.4, 0.5) is 11.4 Å². The molecule has 0 aliphatic carbocycles. The van der Waals surface area contributed by atoms with E-state index < -0.39 is 45.3 Å². The molecule has 2 aliphatic rings. The van der Waals surface area contributed by atoms with Crippen molar-refractivity contribution in [2.75, 3.05) is 9.80 Å². The van der Waals surface area contributed by atoms with E-state index in [1.165, 1.54) is 9.80 Å². The lowest BCUT2D eigenvalue weighted by molar-refractivity contribution is 0.0878. The standard InChI is InChI=1S/C144H106N2O4/c1-3-5-43-97-93-127(99-69-77-115(78-70-99)141(103-45-19-7-20-46-103,104-47-21-8-22-48-104)105-49-23-9-24-50-105)135(128(94-97)100-71-79-116(80-72-100)142(106-51-25-10-26-52-106,107-53-27-11-28-54-107)108-55-29-12-30-56-108)145-137(147)123-89-85-119-121-87-91-125-134-126(92-88-122(132(121)134)120-86-90-124(138(145)148)133(123)131(119)120)140(150)146(139(125)149)136-129(101-73-81-117(82-74-101)143(109-57-31-13-32-58-109,110-59-33-14-34-60-110)111-61-35-15-36-62-111)95-98(44-6-4-2)96-130(136)102-75-83-118(84-76-102)144(112-63-37-16-38-64-112,113-65-39-17-40-66-113)114-67-41-18-42-68-114/h7-42,45-96H,3-6,43-44H2,1-2H3. The molecule has 0 saturated carbocycles. The first-order chi connectivity index (χ1) is 74.0. The molecule has 25 rings (SSSR count). The van der Waals surface area contributed by atoms with Gasteiger partial charge in [-0.15, -0.1) is 0 Å². The summed E-state index contributed by atoms with van der Waals surface area (Å²) in [6.07, 6.45) is 5.16. The second-order valence-corrected chi connectivity index (χ2v) is 40.0. The third kappa shape index (κ3) is 15.0. The van der Waals surface area contributed by atoms with Crippen molar-refractivity contribution in [3.8, 4) is 44.5 Å². The Morgan fingerprint density at radius 3 is 0.473 bits per heavy atom. The van der Waals surface area contributed by atoms with Gasteiger partial charge in [0.05, 0.1) is 33.0 Å². The summed E-state index contributed by atoms with van der Waals surface area (Å²) in [5, 5.41) is 5.69. The molecule has 2 aliphatic heterocycles. The Bertz CT molecular complexity index is 7580. The fourth-order valence-corrected chi connectivity index (χ4v) is 25.3. The normalized spacial score (nSPS) is 12.8. The molecule has 716 valence electrons. The second-order valence-electron chi connectivity index (χ2n) is 40.0. The van der Waals surface area contributed by atoms with Gasteiger partial charge in [-0.1, -0.05) is 512 Å². The number of aryl methyl sites for hydroxylation is 2. The molecule has 0 atom stereocenters. The number of carbonyl (C=O) groups excluding carboxylic acids is 4. The maximum Gasteiger partial charge on any atom is 0.266 e. The van der Waals surface area contributed by atoms with E-state index in [4.69, 9.17) is 0 Å². The molecule has 6 nitrogen and oxygen atoms in total. The minimum atomic E-state index is -0.765. The van der Waals surface area contributed by atoms with Crippen molar-refractivity contribution in [3.05, 3.63) is 656 Å². The molecule has 0 radical (unpaired) electrons. The largest absolute Gasteiger partial charge is 0.268 e. The first-order valence-electron chi connectivity index (χ1n) is 52.4. The predicted molar refractivity (Wildman–Crippen MR) is 615 cm³/mol. The number of unbranched alkanes of at least 4 members (excludes halogenated alkanes) is 2. The van der Waals surface area contributed by atoms with Crippen molar-refractivity contribution in [2.24, 2.45) is 0 Å². The molecule has 4 amide bonds. The average molecular weight is 1930 g/mol. The fourth-order valence-electron chi connectivity index (χ4n) is 25.3. The van der Waals surface area contributed by atoms with Gasteiger partial charge in [0, 0.05) is 55.3 Å². The van der Waals surface area contributed by atoms with Crippen molar-refractivity contribution in [2.45, 2.75) is 74.0 Å². The number of rotatable bonds is 28. The lowest BCUT2D eigenvalue weighted by Crippen LogP contribution is -2.41. The van der Waals surface area contributed by atoms with Crippen LogP contribution in [0.1, 0.15) is 181 Å². The van der Waals surface area contributed by atoms with Crippen LogP contribution in [0.2, 0.25) is 0 Å². The molecule has 6 heteroatoms. The number of fused-ring (bicyclic) bond motifs is 2. The van der Waals surface area contributed by atoms with Crippen LogP contribution in [0.5, 0.6) is 0 Å². The van der Waals surface area contributed by atoms with Crippen LogP contribution < -0.4 is 9.80 Å². The molecule has 23 aromatic carbocycles. The Morgan fingerprint density at radius 1 is 0.167 bits per heavy atom. The first-order valence-corrected chi connectivity index (χ1v) is 52.4. The molecule has 0 bridgehead atoms. The number of anilines is 2. The van der Waals surface area contributed by atoms with Crippen molar-refractivity contribution in [1.29, 1.82) is 0 Å². The van der Waals surface area contributed by atoms with Gasteiger partial charge in [0.2, 0.25) is 0 Å². The molecule has 0 N–H and O–H groups in total. The molecule has 23 aromatic rings. The molecule has 0 spiro atoms. The maximum absolute atomic E-state index is 17.2. The highest BCUT2D eigenvalue weighted by molar-refractivity contribution is 6.46. The Hall–Kier alpha value is -18.4. The van der Waals surface area contributed by atoms with Gasteiger partial charge >= 0.3 is 0 Å². The van der Waals surface area contributed by atoms with Gasteiger partial charge < -0.3 is 0 Å². The van der Waals surface area contributed by atoms with Crippen LogP contribution in [0.3, 0.4) is 0 Å². The van der Waals surface area contributed by atoms with E-state index in [-0.39, 0.29) is 0 Å². The smallest absolute Gasteiger partial charge is 0.266 e. The predicted octanol–water partition coefficient (Wildman–Crippen LogP) is 34.2. The monoisotopic (exact) mass is 1930 g/mol. The first kappa shape index (κ1) is 92.7. The van der Waals surface area contributed by atoms with Crippen LogP contribution in [-0.2, 0) is 34.5 Å². The Labute approximate surface area is 875 Å². The van der Waals surface area contributed by atoms with E-state index in [0.717, 1.165) is 215 Å². The number of imide groups is 2. The van der Waals surface area contributed by atoms with E-state index in [9.17, 15) is 0 Å². The molecular weight excluding hydrogens is 1820 g/mol. The number of nitrogens with zero attached hydrogens (tertiary/aromatic N) is 2. The van der Waals surface area contributed by atoms with E-state index in [0.29, 0.717) is 44.4 Å². The molecule has 2 heterocycles. The summed E-state index contributed by atoms with van der Waals surface area (Å²) in [4.78, 5) is 71.8. The van der Waals surface area contributed by atoms with Crippen molar-refractivity contribution in [3.63, 3.8) is 0 Å². The highest BCUT2D eigenvalue weighted by atomic mass is 16.2. The lowest BCUT2D eigenvalue weighted by Gasteiger charge is -2.37. The van der Waals surface area contributed by atoms with Gasteiger partial charge in [-0.05, 0) is 229 Å². The number of benzene rings is 23. The maximum atomic E-state index is 17.2. The molecule has 150 heavy (non-hydrogen) atoms. The van der Waals surface area contributed by atoms with Crippen molar-refractivity contribution < 1.29 is 19.2 Å². The third-order valence-corrected chi connectivity index (χ3v) is 32.1. The SMILES string of the molecule is CCCCc1cc(-c2ccc(C(c3ccccc3)(c3ccccc3)c3ccccc3)cc2)c(N2C(=O)c3ccc4c5ccc6c7c(ccc(c8ccc(c3c48)C2=O)c75)C(=O)N(c2c(-c3ccc(C(c4ccccc4)(c4ccccc4)c4ccccc4)cc3)cc(CCCC)cc2-c2ccc(C(c3ccccc3)(c3ccccc3)c3ccccc3)cc2)C6=O)c(-c2ccc(C(c3ccccc3)(c3ccccc3)c3ccccc3)cc2)c1. The van der Waals surface area contributed by atoms with Crippen molar-refractivity contribution >= 4 is 78.1 Å². The van der Waals surface area contributed by atoms with E-state index in [1.807, 2.05) is 48.5 Å². The summed E-state index contributed by atoms with van der Waals surface area (Å²) in [7, 11) is 0. The summed E-state index contributed by atoms with van der Waals surface area (Å²) in [5.74, 6) is -1.85. The number of carbonyl (C=O) groups is 4. The Kier molecular flexibility index (Phi) is 24.0. The van der Waals surface area contributed by atoms with Crippen LogP contribution in [-0.4, -0.2) is 23.6 Å². The lowest BCUT2D eigenvalue weighted by atomic mass is 9.65. The van der Waals surface area contributed by atoms with Crippen LogP contribution in [0, 0.1) is 0 Å². The van der Waals surface area contributed by atoms with Crippen LogP contribution >= 0.6 is 0 Å². The topological polar surface area (TPSA) is 74.8 Å². The zero-order valence-electron chi connectivity index (χ0n) is 83.6. The van der Waals surface area contributed by atoms with E-state index >= 15 is 19.2 Å². The summed E-state index contributed by atoms with van der Waals surface area (Å²) in [6.45, 7) is 4.43. The summed E-state index contributed by atoms with van der Waals surface area (Å²) in [6, 6.07) is 189. The van der Waals surface area contributed by atoms with Gasteiger partial charge in [-0.25, -0.2) is 9.80 Å². The van der Waals surface area contributed by atoms with Gasteiger partial charge in [-0.3, -0.25) is 19.2 Å². The van der Waals surface area contributed by atoms with Gasteiger partial charge in [0.1, 0.15) is 0 Å². The quantitative estimate of drug-likeness (QED) is 0.0212. The minimum Gasteiger partial charge on any atom is -0.268 e. The molecule has 0 unspecified atom stereocenters. The highest BCUT2D eigenvalue weighted by Crippen LogP contribution is 2.57. The molecule has 0 saturated heterocycles. The van der Waals surface area contributed by atoms with Crippen molar-refractivity contribution in [1.82, 2.24) is 0 Å². The summed E-state index contributed by atoms with van der Waals surface area (Å²) < 4.78 is 0. The van der Waals surface area contributed by atoms with Gasteiger partial charge in [0.15, 0.2) is 0 Å². The highest BCUT2D eigenvalue weighted by Gasteiger charge is 2.47. The molecule has 0 fully saturated rings. The minimum absolute atomic E-state index is 0.372. The van der Waals surface area contributed by atoms with Crippen LogP contribution in [0.25, 0.3) is 87.6 Å². The number of amides is 4. The molecule has 0 aromatic heterocycles. The fraction of sp³-hybridized carbons (Fsp3) is 0.0833. The Morgan fingerprint density at radius 2 is 0.320 bits per heavy atom. The third-order valence-electron chi connectivity index (χ3n) is 32.1. The zero-order chi connectivity index (χ0) is 101.